The smallest absolute Gasteiger partial charge is 0.133 e. The second-order valence-electron chi connectivity index (χ2n) is 4.07. The maximum atomic E-state index is 5.16. The van der Waals surface area contributed by atoms with Crippen molar-refractivity contribution in [3.8, 4) is 0 Å². The summed E-state index contributed by atoms with van der Waals surface area (Å²) in [6, 6.07) is 8.38. The normalized spacial score (nSPS) is 10.7. The van der Waals surface area contributed by atoms with Gasteiger partial charge in [-0.2, -0.15) is 0 Å². The van der Waals surface area contributed by atoms with Crippen LogP contribution < -0.4 is 5.32 Å². The van der Waals surface area contributed by atoms with E-state index in [1.807, 2.05) is 12.3 Å². The minimum Gasteiger partial charge on any atom is -0.380 e. The predicted molar refractivity (Wildman–Crippen MR) is 71.2 cm³/mol. The van der Waals surface area contributed by atoms with Crippen molar-refractivity contribution >= 4 is 16.6 Å². The molecule has 3 nitrogen and oxygen atoms in total. The van der Waals surface area contributed by atoms with E-state index in [-0.39, 0.29) is 0 Å². The molecule has 0 aliphatic rings. The van der Waals surface area contributed by atoms with Crippen LogP contribution in [0.1, 0.15) is 18.9 Å². The lowest BCUT2D eigenvalue weighted by Gasteiger charge is -2.09. The molecule has 2 rings (SSSR count). The van der Waals surface area contributed by atoms with Crippen molar-refractivity contribution in [3.63, 3.8) is 0 Å². The number of hydrogen-bond donors (Lipinski definition) is 1. The quantitative estimate of drug-likeness (QED) is 0.856. The average Bonchev–Trinajstić information content (AvgIpc) is 2.36. The number of benzene rings is 1. The molecule has 0 radical (unpaired) electrons. The zero-order valence-corrected chi connectivity index (χ0v) is 10.4. The highest BCUT2D eigenvalue weighted by molar-refractivity contribution is 5.92. The zero-order valence-electron chi connectivity index (χ0n) is 10.4. The van der Waals surface area contributed by atoms with Gasteiger partial charge in [-0.05, 0) is 29.5 Å². The molecule has 90 valence electrons. The second-order valence-corrected chi connectivity index (χ2v) is 4.07. The Morgan fingerprint density at radius 1 is 1.29 bits per heavy atom. The third-order valence-corrected chi connectivity index (χ3v) is 2.68. The highest BCUT2D eigenvalue weighted by atomic mass is 16.5. The predicted octanol–water partition coefficient (Wildman–Crippen LogP) is 3.20. The molecule has 0 atom stereocenters. The number of nitrogens with one attached hydrogen (secondary N) is 1. The average molecular weight is 230 g/mol. The molecular weight excluding hydrogens is 212 g/mol. The van der Waals surface area contributed by atoms with Crippen molar-refractivity contribution in [1.82, 2.24) is 4.98 Å². The van der Waals surface area contributed by atoms with E-state index < -0.39 is 0 Å². The summed E-state index contributed by atoms with van der Waals surface area (Å²) >= 11 is 0. The lowest BCUT2D eigenvalue weighted by molar-refractivity contribution is 0.185. The first-order valence-corrected chi connectivity index (χ1v) is 5.95. The molecule has 1 N–H and O–H groups in total. The first-order valence-electron chi connectivity index (χ1n) is 5.95. The van der Waals surface area contributed by atoms with Gasteiger partial charge in [0.05, 0.1) is 6.61 Å². The van der Waals surface area contributed by atoms with Crippen molar-refractivity contribution < 1.29 is 4.74 Å². The van der Waals surface area contributed by atoms with E-state index in [0.29, 0.717) is 6.61 Å². The summed E-state index contributed by atoms with van der Waals surface area (Å²) in [7, 11) is 1.71. The number of nitrogens with zero attached hydrogens (tertiary/aromatic N) is 1. The summed E-state index contributed by atoms with van der Waals surface area (Å²) in [4.78, 5) is 4.39. The van der Waals surface area contributed by atoms with Gasteiger partial charge in [-0.3, -0.25) is 0 Å². The number of anilines is 1. The maximum Gasteiger partial charge on any atom is 0.133 e. The van der Waals surface area contributed by atoms with Crippen LogP contribution in [0, 0.1) is 0 Å². The van der Waals surface area contributed by atoms with Gasteiger partial charge in [0.2, 0.25) is 0 Å². The van der Waals surface area contributed by atoms with Gasteiger partial charge >= 0.3 is 0 Å². The van der Waals surface area contributed by atoms with Crippen LogP contribution >= 0.6 is 0 Å². The second kappa shape index (κ2) is 5.64. The Labute approximate surface area is 102 Å². The Balaban J connectivity index is 2.40. The molecule has 2 aromatic rings. The summed E-state index contributed by atoms with van der Waals surface area (Å²) in [5.74, 6) is 0.960. The molecule has 1 heterocycles. The molecule has 0 unspecified atom stereocenters. The first kappa shape index (κ1) is 11.9. The number of rotatable bonds is 5. The van der Waals surface area contributed by atoms with Crippen LogP contribution in [0.5, 0.6) is 0 Å². The van der Waals surface area contributed by atoms with Crippen molar-refractivity contribution in [3.05, 3.63) is 36.0 Å². The Morgan fingerprint density at radius 2 is 2.18 bits per heavy atom. The van der Waals surface area contributed by atoms with Gasteiger partial charge in [0.25, 0.3) is 0 Å². The fourth-order valence-corrected chi connectivity index (χ4v) is 1.86. The van der Waals surface area contributed by atoms with Crippen molar-refractivity contribution in [2.45, 2.75) is 20.0 Å². The lowest BCUT2D eigenvalue weighted by Crippen LogP contribution is -2.02. The van der Waals surface area contributed by atoms with Gasteiger partial charge in [-0.25, -0.2) is 4.98 Å². The first-order chi connectivity index (χ1) is 8.35. The largest absolute Gasteiger partial charge is 0.380 e. The van der Waals surface area contributed by atoms with Crippen LogP contribution in [0.3, 0.4) is 0 Å². The minimum atomic E-state index is 0.637. The molecule has 3 heteroatoms. The number of aromatic nitrogens is 1. The summed E-state index contributed by atoms with van der Waals surface area (Å²) in [5.41, 5.74) is 1.17. The van der Waals surface area contributed by atoms with E-state index in [9.17, 15) is 0 Å². The fraction of sp³-hybridized carbons (Fsp3) is 0.357. The van der Waals surface area contributed by atoms with E-state index in [4.69, 9.17) is 4.74 Å². The summed E-state index contributed by atoms with van der Waals surface area (Å²) in [6.07, 6.45) is 2.94. The molecule has 17 heavy (non-hydrogen) atoms. The minimum absolute atomic E-state index is 0.637. The highest BCUT2D eigenvalue weighted by Crippen LogP contribution is 2.22. The summed E-state index contributed by atoms with van der Waals surface area (Å²) in [6.45, 7) is 3.73. The molecule has 0 aliphatic carbocycles. The van der Waals surface area contributed by atoms with E-state index in [1.54, 1.807) is 7.11 Å². The summed E-state index contributed by atoms with van der Waals surface area (Å²) < 4.78 is 5.16. The third kappa shape index (κ3) is 2.74. The zero-order chi connectivity index (χ0) is 12.1. The van der Waals surface area contributed by atoms with Crippen LogP contribution in [0.15, 0.2) is 30.5 Å². The SMILES string of the molecule is CCCNc1nccc2ccc(COC)cc12. The Hall–Kier alpha value is -1.61. The molecule has 0 amide bonds. The van der Waals surface area contributed by atoms with Gasteiger partial charge in [-0.1, -0.05) is 19.1 Å². The van der Waals surface area contributed by atoms with Gasteiger partial charge in [0, 0.05) is 25.2 Å². The Morgan fingerprint density at radius 3 is 2.94 bits per heavy atom. The van der Waals surface area contributed by atoms with Crippen LogP contribution in [0.4, 0.5) is 5.82 Å². The van der Waals surface area contributed by atoms with E-state index in [0.717, 1.165) is 24.2 Å². The molecule has 0 bridgehead atoms. The van der Waals surface area contributed by atoms with Crippen molar-refractivity contribution in [1.29, 1.82) is 0 Å². The van der Waals surface area contributed by atoms with Gasteiger partial charge in [-0.15, -0.1) is 0 Å². The molecule has 0 saturated heterocycles. The van der Waals surface area contributed by atoms with Crippen LogP contribution in [-0.2, 0) is 11.3 Å². The van der Waals surface area contributed by atoms with Crippen molar-refractivity contribution in [2.75, 3.05) is 19.0 Å². The molecule has 0 spiro atoms. The number of hydrogen-bond acceptors (Lipinski definition) is 3. The van der Waals surface area contributed by atoms with Crippen LogP contribution in [0.25, 0.3) is 10.8 Å². The highest BCUT2D eigenvalue weighted by Gasteiger charge is 2.02. The molecule has 1 aromatic carbocycles. The molecule has 0 aliphatic heterocycles. The van der Waals surface area contributed by atoms with Crippen LogP contribution in [-0.4, -0.2) is 18.6 Å². The van der Waals surface area contributed by atoms with Gasteiger partial charge in [0.15, 0.2) is 0 Å². The number of pyridine rings is 1. The van der Waals surface area contributed by atoms with E-state index in [2.05, 4.69) is 35.4 Å². The van der Waals surface area contributed by atoms with Crippen LogP contribution in [0.2, 0.25) is 0 Å². The maximum absolute atomic E-state index is 5.16. The molecule has 0 fully saturated rings. The fourth-order valence-electron chi connectivity index (χ4n) is 1.86. The standard InChI is InChI=1S/C14H18N2O/c1-3-7-15-14-13-9-11(10-17-2)4-5-12(13)6-8-16-14/h4-6,8-9H,3,7,10H2,1-2H3,(H,15,16). The molecule has 0 saturated carbocycles. The monoisotopic (exact) mass is 230 g/mol. The number of fused-ring (bicyclic) bond motifs is 1. The van der Waals surface area contributed by atoms with E-state index >= 15 is 0 Å². The van der Waals surface area contributed by atoms with Gasteiger partial charge < -0.3 is 10.1 Å². The van der Waals surface area contributed by atoms with Crippen molar-refractivity contribution in [2.24, 2.45) is 0 Å². The number of methoxy groups -OCH3 is 1. The number of ether oxygens (including phenoxy) is 1. The molecule has 1 aromatic heterocycles. The van der Waals surface area contributed by atoms with Gasteiger partial charge in [0.1, 0.15) is 5.82 Å². The van der Waals surface area contributed by atoms with E-state index in [1.165, 1.54) is 10.9 Å². The Bertz CT molecular complexity index is 497. The topological polar surface area (TPSA) is 34.2 Å². The lowest BCUT2D eigenvalue weighted by atomic mass is 10.1. The molecular formula is C14H18N2O. The third-order valence-electron chi connectivity index (χ3n) is 2.68. The Kier molecular flexibility index (Phi) is 3.94. The summed E-state index contributed by atoms with van der Waals surface area (Å²) in [5, 5.41) is 5.72.